The summed E-state index contributed by atoms with van der Waals surface area (Å²) in [6, 6.07) is 0. The maximum Gasteiger partial charge on any atom is 0.227 e. The summed E-state index contributed by atoms with van der Waals surface area (Å²) in [5.74, 6) is 0.750. The molecular formula is C14H29N3O. The molecule has 0 aromatic heterocycles. The molecular weight excluding hydrogens is 226 g/mol. The number of nitrogens with two attached hydrogens (primary N) is 1. The average molecular weight is 255 g/mol. The van der Waals surface area contributed by atoms with E-state index in [0.717, 1.165) is 26.1 Å². The third-order valence-corrected chi connectivity index (χ3v) is 4.02. The minimum absolute atomic E-state index is 0.00999. The summed E-state index contributed by atoms with van der Waals surface area (Å²) in [6.45, 7) is 11.7. The topological polar surface area (TPSA) is 49.6 Å². The lowest BCUT2D eigenvalue weighted by molar-refractivity contribution is -0.140. The van der Waals surface area contributed by atoms with E-state index in [-0.39, 0.29) is 17.4 Å². The summed E-state index contributed by atoms with van der Waals surface area (Å²) in [5.41, 5.74) is 5.83. The molecule has 1 saturated heterocycles. The summed E-state index contributed by atoms with van der Waals surface area (Å²) < 4.78 is 0. The first kappa shape index (κ1) is 15.4. The van der Waals surface area contributed by atoms with Crippen LogP contribution >= 0.6 is 0 Å². The van der Waals surface area contributed by atoms with Gasteiger partial charge in [0.15, 0.2) is 0 Å². The molecule has 0 spiro atoms. The van der Waals surface area contributed by atoms with E-state index in [1.165, 1.54) is 0 Å². The van der Waals surface area contributed by atoms with Gasteiger partial charge in [-0.1, -0.05) is 13.8 Å². The Morgan fingerprint density at radius 2 is 1.94 bits per heavy atom. The third kappa shape index (κ3) is 3.69. The minimum Gasteiger partial charge on any atom is -0.339 e. The molecule has 0 aromatic carbocycles. The van der Waals surface area contributed by atoms with Crippen molar-refractivity contribution in [1.29, 1.82) is 0 Å². The van der Waals surface area contributed by atoms with Crippen molar-refractivity contribution in [2.75, 3.05) is 33.2 Å². The number of carbonyl (C=O) groups is 1. The summed E-state index contributed by atoms with van der Waals surface area (Å²) in [6.07, 6.45) is 0.891. The van der Waals surface area contributed by atoms with E-state index in [2.05, 4.69) is 39.6 Å². The smallest absolute Gasteiger partial charge is 0.227 e. The normalized spacial score (nSPS) is 22.3. The molecule has 106 valence electrons. The molecule has 4 heteroatoms. The lowest BCUT2D eigenvalue weighted by atomic mass is 9.93. The van der Waals surface area contributed by atoms with Crippen LogP contribution in [-0.4, -0.2) is 54.5 Å². The molecule has 1 fully saturated rings. The van der Waals surface area contributed by atoms with Crippen molar-refractivity contribution in [1.82, 2.24) is 9.80 Å². The van der Waals surface area contributed by atoms with Crippen molar-refractivity contribution in [3.05, 3.63) is 0 Å². The molecule has 0 aliphatic carbocycles. The largest absolute Gasteiger partial charge is 0.339 e. The van der Waals surface area contributed by atoms with E-state index in [4.69, 9.17) is 5.73 Å². The molecule has 0 radical (unpaired) electrons. The maximum absolute atomic E-state index is 12.5. The van der Waals surface area contributed by atoms with Crippen LogP contribution in [0.4, 0.5) is 0 Å². The zero-order valence-corrected chi connectivity index (χ0v) is 12.6. The van der Waals surface area contributed by atoms with Gasteiger partial charge in [-0.15, -0.1) is 0 Å². The predicted octanol–water partition coefficient (Wildman–Crippen LogP) is 1.16. The first-order chi connectivity index (χ1) is 8.27. The second-order valence-electron chi connectivity index (χ2n) is 6.56. The van der Waals surface area contributed by atoms with Gasteiger partial charge in [-0.25, -0.2) is 0 Å². The van der Waals surface area contributed by atoms with Crippen LogP contribution < -0.4 is 5.73 Å². The van der Waals surface area contributed by atoms with Crippen LogP contribution in [0, 0.1) is 11.8 Å². The molecule has 1 atom stereocenters. The van der Waals surface area contributed by atoms with Crippen LogP contribution in [0.15, 0.2) is 0 Å². The Morgan fingerprint density at radius 3 is 2.39 bits per heavy atom. The SMILES string of the molecule is CC(C)CC(CN)C(=O)N1CCN(C)C(C)(C)C1. The van der Waals surface area contributed by atoms with Gasteiger partial charge in [-0.2, -0.15) is 0 Å². The highest BCUT2D eigenvalue weighted by atomic mass is 16.2. The standard InChI is InChI=1S/C14H29N3O/c1-11(2)8-12(9-15)13(18)17-7-6-16(5)14(3,4)10-17/h11-12H,6-10,15H2,1-5H3. The van der Waals surface area contributed by atoms with Gasteiger partial charge in [0.2, 0.25) is 5.91 Å². The molecule has 1 aliphatic heterocycles. The van der Waals surface area contributed by atoms with Crippen molar-refractivity contribution in [3.8, 4) is 0 Å². The quantitative estimate of drug-likeness (QED) is 0.820. The zero-order valence-electron chi connectivity index (χ0n) is 12.6. The van der Waals surface area contributed by atoms with Crippen LogP contribution in [0.25, 0.3) is 0 Å². The second kappa shape index (κ2) is 6.02. The fourth-order valence-corrected chi connectivity index (χ4v) is 2.55. The summed E-state index contributed by atoms with van der Waals surface area (Å²) in [4.78, 5) is 16.8. The van der Waals surface area contributed by atoms with E-state index in [1.807, 2.05) is 4.90 Å². The Morgan fingerprint density at radius 1 is 1.33 bits per heavy atom. The van der Waals surface area contributed by atoms with Gasteiger partial charge in [0.25, 0.3) is 0 Å². The number of hydrogen-bond donors (Lipinski definition) is 1. The van der Waals surface area contributed by atoms with Crippen LogP contribution in [0.3, 0.4) is 0 Å². The molecule has 1 rings (SSSR count). The van der Waals surface area contributed by atoms with Gasteiger partial charge in [0.05, 0.1) is 5.92 Å². The van der Waals surface area contributed by atoms with Gasteiger partial charge in [-0.3, -0.25) is 9.69 Å². The van der Waals surface area contributed by atoms with E-state index >= 15 is 0 Å². The van der Waals surface area contributed by atoms with Crippen LogP contribution in [-0.2, 0) is 4.79 Å². The van der Waals surface area contributed by atoms with Crippen LogP contribution in [0.5, 0.6) is 0 Å². The highest BCUT2D eigenvalue weighted by molar-refractivity contribution is 5.79. The summed E-state index contributed by atoms with van der Waals surface area (Å²) in [5, 5.41) is 0. The molecule has 1 unspecified atom stereocenters. The lowest BCUT2D eigenvalue weighted by Crippen LogP contribution is -2.60. The van der Waals surface area contributed by atoms with E-state index < -0.39 is 0 Å². The van der Waals surface area contributed by atoms with Crippen molar-refractivity contribution >= 4 is 5.91 Å². The Hall–Kier alpha value is -0.610. The average Bonchev–Trinajstić information content (AvgIpc) is 2.28. The molecule has 1 heterocycles. The fraction of sp³-hybridized carbons (Fsp3) is 0.929. The third-order valence-electron chi connectivity index (χ3n) is 4.02. The zero-order chi connectivity index (χ0) is 13.9. The minimum atomic E-state index is -0.00999. The first-order valence-corrected chi connectivity index (χ1v) is 6.98. The number of piperazine rings is 1. The van der Waals surface area contributed by atoms with E-state index in [0.29, 0.717) is 12.5 Å². The molecule has 0 saturated carbocycles. The second-order valence-corrected chi connectivity index (χ2v) is 6.56. The number of hydrogen-bond acceptors (Lipinski definition) is 3. The number of amides is 1. The lowest BCUT2D eigenvalue weighted by Gasteiger charge is -2.46. The number of carbonyl (C=O) groups excluding carboxylic acids is 1. The summed E-state index contributed by atoms with van der Waals surface area (Å²) >= 11 is 0. The highest BCUT2D eigenvalue weighted by Gasteiger charge is 2.35. The van der Waals surface area contributed by atoms with Crippen molar-refractivity contribution in [2.45, 2.75) is 39.7 Å². The fourth-order valence-electron chi connectivity index (χ4n) is 2.55. The van der Waals surface area contributed by atoms with Gasteiger partial charge in [0.1, 0.15) is 0 Å². The molecule has 0 bridgehead atoms. The molecule has 0 aromatic rings. The molecule has 18 heavy (non-hydrogen) atoms. The molecule has 1 amide bonds. The Balaban J connectivity index is 2.66. The van der Waals surface area contributed by atoms with Crippen LogP contribution in [0.1, 0.15) is 34.1 Å². The van der Waals surface area contributed by atoms with Gasteiger partial charge >= 0.3 is 0 Å². The van der Waals surface area contributed by atoms with E-state index in [9.17, 15) is 4.79 Å². The van der Waals surface area contributed by atoms with Gasteiger partial charge in [-0.05, 0) is 33.2 Å². The predicted molar refractivity (Wildman–Crippen MR) is 75.3 cm³/mol. The molecule has 4 nitrogen and oxygen atoms in total. The maximum atomic E-state index is 12.5. The first-order valence-electron chi connectivity index (χ1n) is 6.98. The Labute approximate surface area is 111 Å². The highest BCUT2D eigenvalue weighted by Crippen LogP contribution is 2.22. The van der Waals surface area contributed by atoms with E-state index in [1.54, 1.807) is 0 Å². The number of likely N-dealkylation sites (N-methyl/N-ethyl adjacent to an activating group) is 1. The van der Waals surface area contributed by atoms with Gasteiger partial charge < -0.3 is 10.6 Å². The summed E-state index contributed by atoms with van der Waals surface area (Å²) in [7, 11) is 2.12. The number of nitrogens with zero attached hydrogens (tertiary/aromatic N) is 2. The van der Waals surface area contributed by atoms with Crippen molar-refractivity contribution < 1.29 is 4.79 Å². The van der Waals surface area contributed by atoms with Crippen LogP contribution in [0.2, 0.25) is 0 Å². The molecule has 2 N–H and O–H groups in total. The monoisotopic (exact) mass is 255 g/mol. The molecule has 1 aliphatic rings. The number of rotatable bonds is 4. The van der Waals surface area contributed by atoms with Crippen molar-refractivity contribution in [2.24, 2.45) is 17.6 Å². The Kier molecular flexibility index (Phi) is 5.17. The van der Waals surface area contributed by atoms with Crippen molar-refractivity contribution in [3.63, 3.8) is 0 Å². The Bertz CT molecular complexity index is 289. The van der Waals surface area contributed by atoms with Gasteiger partial charge in [0, 0.05) is 31.7 Å².